The van der Waals surface area contributed by atoms with Crippen molar-refractivity contribution in [1.29, 1.82) is 0 Å². The molecule has 0 aromatic heterocycles. The molecule has 5 aliphatic carbocycles. The Morgan fingerprint density at radius 3 is 1.93 bits per heavy atom. The predicted molar refractivity (Wildman–Crippen MR) is 257 cm³/mol. The van der Waals surface area contributed by atoms with Crippen LogP contribution in [0.25, 0.3) is 0 Å². The lowest BCUT2D eigenvalue weighted by molar-refractivity contribution is -0.363. The average Bonchev–Trinajstić information content (AvgIpc) is 3.95. The Bertz CT molecular complexity index is 1960. The van der Waals surface area contributed by atoms with E-state index in [2.05, 4.69) is 34.6 Å². The topological polar surface area (TPSA) is 337 Å². The van der Waals surface area contributed by atoms with Crippen LogP contribution in [-0.2, 0) is 37.9 Å². The van der Waals surface area contributed by atoms with Gasteiger partial charge in [0.25, 0.3) is 0 Å². The number of hydrogen-bond donors (Lipinski definition) is 13. The molecule has 2 spiro atoms. The maximum Gasteiger partial charge on any atom is 0.187 e. The predicted octanol–water partition coefficient (Wildman–Crippen LogP) is -0.924. The number of aliphatic hydroxyl groups is 13. The van der Waals surface area contributed by atoms with Gasteiger partial charge in [0.1, 0.15) is 85.5 Å². The number of hydrogen-bond acceptors (Lipinski definition) is 21. The molecule has 0 unspecified atom stereocenters. The first-order valence-electron chi connectivity index (χ1n) is 27.3. The minimum atomic E-state index is -1.68. The Balaban J connectivity index is 0.778. The first-order chi connectivity index (χ1) is 34.8. The molecule has 0 radical (unpaired) electrons. The summed E-state index contributed by atoms with van der Waals surface area (Å²) >= 11 is 0. The van der Waals surface area contributed by atoms with Gasteiger partial charge in [-0.3, -0.25) is 0 Å². The normalized spacial score (nSPS) is 54.1. The van der Waals surface area contributed by atoms with E-state index in [0.29, 0.717) is 24.2 Å². The van der Waals surface area contributed by atoms with Crippen molar-refractivity contribution in [3.8, 4) is 0 Å². The van der Waals surface area contributed by atoms with Crippen LogP contribution in [-0.4, -0.2) is 222 Å². The van der Waals surface area contributed by atoms with E-state index in [1.165, 1.54) is 6.42 Å². The Labute approximate surface area is 433 Å². The molecule has 21 nitrogen and oxygen atoms in total. The molecular formula is C53H88O21. The highest BCUT2D eigenvalue weighted by Crippen LogP contribution is 2.89. The summed E-state index contributed by atoms with van der Waals surface area (Å²) in [6, 6.07) is 0. The summed E-state index contributed by atoms with van der Waals surface area (Å²) in [7, 11) is 0. The molecule has 13 N–H and O–H groups in total. The van der Waals surface area contributed by atoms with Crippen molar-refractivity contribution in [2.24, 2.45) is 50.7 Å². The van der Waals surface area contributed by atoms with Crippen molar-refractivity contribution in [3.05, 3.63) is 11.6 Å². The summed E-state index contributed by atoms with van der Waals surface area (Å²) in [5.74, 6) is 1.25. The zero-order valence-electron chi connectivity index (χ0n) is 44.0. The van der Waals surface area contributed by atoms with Crippen molar-refractivity contribution in [2.75, 3.05) is 26.4 Å². The van der Waals surface area contributed by atoms with Gasteiger partial charge in [0, 0.05) is 0 Å². The maximum atomic E-state index is 11.8. The van der Waals surface area contributed by atoms with Gasteiger partial charge in [-0.25, -0.2) is 0 Å². The largest absolute Gasteiger partial charge is 0.394 e. The van der Waals surface area contributed by atoms with Crippen LogP contribution in [0, 0.1) is 50.7 Å². The minimum absolute atomic E-state index is 0.00873. The fourth-order valence-corrected chi connectivity index (χ4v) is 16.6. The summed E-state index contributed by atoms with van der Waals surface area (Å²) in [6.45, 7) is 13.9. The first-order valence-corrected chi connectivity index (χ1v) is 27.3. The van der Waals surface area contributed by atoms with Gasteiger partial charge in [-0.15, -0.1) is 0 Å². The molecule has 0 amide bonds. The van der Waals surface area contributed by atoms with Crippen LogP contribution in [0.2, 0.25) is 0 Å². The lowest BCUT2D eigenvalue weighted by atomic mass is 9.41. The molecule has 5 saturated carbocycles. The highest BCUT2D eigenvalue weighted by molar-refractivity contribution is 5.31. The molecule has 9 rings (SSSR count). The SMILES string of the molecule is C/C(=C/C[C@H](O)[C@@H](C)[C@H]1CC[C@@]2(C)[C@@H]3CC[C@@H]4C(C)(C)[C@@H](O[C@@H]5O[C@@H](C)[C@H](O[C@@H]6O[C@H](CO)[C@@H](O)[C@H](O)[C@H]6O)[C@H](O)[C@H]5O)CC[C@@]45C[C@@]35CC[C@]12C)CO[C@@H]1O[C@H](CO[C@@H]2OC[C@@H](O)[C@H](O)[C@H]2O)[C@@H](O)[C@H](O)[C@H]1O. The summed E-state index contributed by atoms with van der Waals surface area (Å²) < 4.78 is 46.7. The van der Waals surface area contributed by atoms with Crippen LogP contribution in [0.5, 0.6) is 0 Å². The van der Waals surface area contributed by atoms with Crippen molar-refractivity contribution < 1.29 is 104 Å². The van der Waals surface area contributed by atoms with Crippen LogP contribution in [0.4, 0.5) is 0 Å². The van der Waals surface area contributed by atoms with Crippen molar-refractivity contribution in [3.63, 3.8) is 0 Å². The lowest BCUT2D eigenvalue weighted by Crippen LogP contribution is -2.64. The molecule has 74 heavy (non-hydrogen) atoms. The zero-order valence-corrected chi connectivity index (χ0v) is 44.0. The van der Waals surface area contributed by atoms with Crippen LogP contribution in [0.1, 0.15) is 113 Å². The number of fused-ring (bicyclic) bond motifs is 2. The molecule has 426 valence electrons. The van der Waals surface area contributed by atoms with Crippen molar-refractivity contribution in [2.45, 2.75) is 242 Å². The van der Waals surface area contributed by atoms with E-state index in [0.717, 1.165) is 56.9 Å². The Kier molecular flexibility index (Phi) is 16.7. The smallest absolute Gasteiger partial charge is 0.187 e. The van der Waals surface area contributed by atoms with E-state index in [4.69, 9.17) is 37.9 Å². The standard InChI is InChI=1S/C53H88O21/c1-23(19-67-46-41(64)38(61)36(59)30(72-46)21-69-45-40(63)34(57)28(56)20-68-45)8-9-27(55)24(2)26-12-14-51(7)32-11-10-31-49(4,5)33(13-15-52(31)22-53(32,52)17-16-50(26,51)6)73-47-43(66)39(62)44(25(3)70-47)74-48-42(65)37(60)35(58)29(18-54)71-48/h8,24-48,54-66H,9-22H2,1-7H3/b23-8-/t24-,25-,26+,27-,28+,29+,30+,31+,32-,33-,34-,35+,36+,37-,38-,39+,40+,41+,42+,43+,44-,45-,46+,47-,48-,50+,51-,52+,53-/m0/s1. The monoisotopic (exact) mass is 1060 g/mol. The maximum absolute atomic E-state index is 11.8. The van der Waals surface area contributed by atoms with Gasteiger partial charge in [0.15, 0.2) is 25.2 Å². The lowest BCUT2D eigenvalue weighted by Gasteiger charge is -2.63. The molecule has 0 aromatic carbocycles. The van der Waals surface area contributed by atoms with Gasteiger partial charge in [-0.1, -0.05) is 46.3 Å². The second-order valence-electron chi connectivity index (χ2n) is 25.2. The highest BCUT2D eigenvalue weighted by atomic mass is 16.7. The number of aliphatic hydroxyl groups excluding tert-OH is 13. The Hall–Kier alpha value is -1.10. The van der Waals surface area contributed by atoms with Gasteiger partial charge in [-0.2, -0.15) is 0 Å². The molecule has 21 heteroatoms. The van der Waals surface area contributed by atoms with E-state index in [9.17, 15) is 66.4 Å². The van der Waals surface area contributed by atoms with E-state index in [-0.39, 0.29) is 58.9 Å². The van der Waals surface area contributed by atoms with Crippen molar-refractivity contribution in [1.82, 2.24) is 0 Å². The van der Waals surface area contributed by atoms with Gasteiger partial charge < -0.3 is 104 Å². The second kappa shape index (κ2) is 21.4. The van der Waals surface area contributed by atoms with E-state index >= 15 is 0 Å². The second-order valence-corrected chi connectivity index (χ2v) is 25.2. The van der Waals surface area contributed by atoms with E-state index in [1.54, 1.807) is 6.92 Å². The third-order valence-electron chi connectivity index (χ3n) is 21.3. The van der Waals surface area contributed by atoms with Gasteiger partial charge in [0.05, 0.1) is 44.7 Å². The van der Waals surface area contributed by atoms with E-state index < -0.39 is 129 Å². The van der Waals surface area contributed by atoms with Gasteiger partial charge >= 0.3 is 0 Å². The van der Waals surface area contributed by atoms with Crippen LogP contribution in [0.3, 0.4) is 0 Å². The quantitative estimate of drug-likeness (QED) is 0.0696. The summed E-state index contributed by atoms with van der Waals surface area (Å²) in [5, 5.41) is 137. The fraction of sp³-hybridized carbons (Fsp3) is 0.962. The van der Waals surface area contributed by atoms with Crippen LogP contribution < -0.4 is 0 Å². The van der Waals surface area contributed by atoms with E-state index in [1.807, 2.05) is 13.0 Å². The fourth-order valence-electron chi connectivity index (χ4n) is 16.6. The van der Waals surface area contributed by atoms with Crippen LogP contribution >= 0.6 is 0 Å². The highest BCUT2D eigenvalue weighted by Gasteiger charge is 2.82. The molecule has 0 aromatic rings. The summed E-state index contributed by atoms with van der Waals surface area (Å²) in [5.41, 5.74) is 1.01. The Morgan fingerprint density at radius 1 is 0.622 bits per heavy atom. The Morgan fingerprint density at radius 2 is 1.23 bits per heavy atom. The summed E-state index contributed by atoms with van der Waals surface area (Å²) in [4.78, 5) is 0. The summed E-state index contributed by atoms with van der Waals surface area (Å²) in [6.07, 6.45) is -15.9. The average molecular weight is 1060 g/mol. The molecule has 0 bridgehead atoms. The third-order valence-corrected chi connectivity index (χ3v) is 21.3. The minimum Gasteiger partial charge on any atom is -0.394 e. The number of rotatable bonds is 15. The third kappa shape index (κ3) is 9.51. The molecule has 4 aliphatic heterocycles. The zero-order chi connectivity index (χ0) is 53.8. The van der Waals surface area contributed by atoms with Crippen molar-refractivity contribution >= 4 is 0 Å². The molecular weight excluding hydrogens is 973 g/mol. The van der Waals surface area contributed by atoms with Gasteiger partial charge in [0.2, 0.25) is 0 Å². The molecule has 29 atom stereocenters. The molecule has 9 fully saturated rings. The van der Waals surface area contributed by atoms with Gasteiger partial charge in [-0.05, 0) is 129 Å². The molecule has 9 aliphatic rings. The molecule has 4 saturated heterocycles. The van der Waals surface area contributed by atoms with Crippen LogP contribution in [0.15, 0.2) is 11.6 Å². The first kappa shape index (κ1) is 57.6. The number of ether oxygens (including phenoxy) is 8. The molecule has 4 heterocycles.